The average Bonchev–Trinajstić information content (AvgIpc) is 2.39. The lowest BCUT2D eigenvalue weighted by atomic mass is 10.1. The second-order valence-corrected chi connectivity index (χ2v) is 5.37. The third-order valence-electron chi connectivity index (χ3n) is 3.70. The zero-order chi connectivity index (χ0) is 13.8. The molecule has 2 unspecified atom stereocenters. The van der Waals surface area contributed by atoms with E-state index < -0.39 is 0 Å². The van der Waals surface area contributed by atoms with Crippen LogP contribution < -0.4 is 10.2 Å². The zero-order valence-corrected chi connectivity index (χ0v) is 12.4. The van der Waals surface area contributed by atoms with Gasteiger partial charge >= 0.3 is 0 Å². The number of hydrogen-bond acceptors (Lipinski definition) is 4. The summed E-state index contributed by atoms with van der Waals surface area (Å²) in [7, 11) is 1.96. The first-order valence-electron chi connectivity index (χ1n) is 7.14. The maximum absolute atomic E-state index is 5.76. The van der Waals surface area contributed by atoms with Crippen molar-refractivity contribution in [3.63, 3.8) is 0 Å². The van der Waals surface area contributed by atoms with E-state index in [-0.39, 0.29) is 6.10 Å². The molecular weight excluding hydrogens is 238 g/mol. The van der Waals surface area contributed by atoms with Crippen molar-refractivity contribution >= 4 is 5.82 Å². The number of anilines is 1. The number of rotatable bonds is 4. The van der Waals surface area contributed by atoms with Gasteiger partial charge in [-0.1, -0.05) is 6.92 Å². The van der Waals surface area contributed by atoms with Crippen molar-refractivity contribution in [3.05, 3.63) is 23.4 Å². The maximum atomic E-state index is 5.76. The standard InChI is InChI=1S/C15H25N3O/c1-5-14-10-19-12(3)9-18(14)15-11(2)6-13(7-16-4)8-17-15/h6,8,12,14,16H,5,7,9-10H2,1-4H3. The van der Waals surface area contributed by atoms with E-state index in [1.54, 1.807) is 0 Å². The van der Waals surface area contributed by atoms with E-state index in [2.05, 4.69) is 42.0 Å². The van der Waals surface area contributed by atoms with Crippen LogP contribution in [0, 0.1) is 6.92 Å². The summed E-state index contributed by atoms with van der Waals surface area (Å²) >= 11 is 0. The molecule has 0 spiro atoms. The Morgan fingerprint density at radius 3 is 2.95 bits per heavy atom. The van der Waals surface area contributed by atoms with E-state index in [0.717, 1.165) is 31.9 Å². The van der Waals surface area contributed by atoms with E-state index in [1.807, 2.05) is 13.2 Å². The summed E-state index contributed by atoms with van der Waals surface area (Å²) in [6.07, 6.45) is 3.35. The number of aryl methyl sites for hydroxylation is 1. The van der Waals surface area contributed by atoms with Gasteiger partial charge in [0.2, 0.25) is 0 Å². The lowest BCUT2D eigenvalue weighted by Gasteiger charge is -2.39. The Kier molecular flexibility index (Phi) is 4.77. The highest BCUT2D eigenvalue weighted by atomic mass is 16.5. The minimum Gasteiger partial charge on any atom is -0.375 e. The highest BCUT2D eigenvalue weighted by Gasteiger charge is 2.27. The van der Waals surface area contributed by atoms with E-state index in [1.165, 1.54) is 11.1 Å². The largest absolute Gasteiger partial charge is 0.375 e. The molecule has 1 aliphatic rings. The monoisotopic (exact) mass is 263 g/mol. The zero-order valence-electron chi connectivity index (χ0n) is 12.4. The van der Waals surface area contributed by atoms with E-state index in [4.69, 9.17) is 4.74 Å². The van der Waals surface area contributed by atoms with Crippen LogP contribution in [0.15, 0.2) is 12.3 Å². The van der Waals surface area contributed by atoms with Crippen molar-refractivity contribution < 1.29 is 4.74 Å². The van der Waals surface area contributed by atoms with Crippen molar-refractivity contribution in [3.8, 4) is 0 Å². The van der Waals surface area contributed by atoms with Gasteiger partial charge in [-0.05, 0) is 44.5 Å². The molecular formula is C15H25N3O. The van der Waals surface area contributed by atoms with Crippen LogP contribution in [0.5, 0.6) is 0 Å². The summed E-state index contributed by atoms with van der Waals surface area (Å²) < 4.78 is 5.76. The fourth-order valence-corrected chi connectivity index (χ4v) is 2.67. The van der Waals surface area contributed by atoms with Crippen LogP contribution in [0.4, 0.5) is 5.82 Å². The molecule has 106 valence electrons. The highest BCUT2D eigenvalue weighted by Crippen LogP contribution is 2.25. The number of aromatic nitrogens is 1. The molecule has 1 aromatic rings. The maximum Gasteiger partial charge on any atom is 0.131 e. The van der Waals surface area contributed by atoms with Gasteiger partial charge in [0.05, 0.1) is 18.8 Å². The van der Waals surface area contributed by atoms with Crippen LogP contribution >= 0.6 is 0 Å². The topological polar surface area (TPSA) is 37.4 Å². The van der Waals surface area contributed by atoms with Crippen LogP contribution in [0.3, 0.4) is 0 Å². The molecule has 2 atom stereocenters. The lowest BCUT2D eigenvalue weighted by Crippen LogP contribution is -2.49. The van der Waals surface area contributed by atoms with Gasteiger partial charge in [0.1, 0.15) is 5.82 Å². The van der Waals surface area contributed by atoms with E-state index in [0.29, 0.717) is 6.04 Å². The molecule has 1 fully saturated rings. The predicted octanol–water partition coefficient (Wildman–Crippen LogP) is 2.11. The molecule has 0 aliphatic carbocycles. The molecule has 4 nitrogen and oxygen atoms in total. The number of nitrogens with zero attached hydrogens (tertiary/aromatic N) is 2. The number of ether oxygens (including phenoxy) is 1. The molecule has 19 heavy (non-hydrogen) atoms. The predicted molar refractivity (Wildman–Crippen MR) is 78.6 cm³/mol. The molecule has 0 bridgehead atoms. The van der Waals surface area contributed by atoms with Gasteiger partial charge in [0.25, 0.3) is 0 Å². The molecule has 0 radical (unpaired) electrons. The van der Waals surface area contributed by atoms with Crippen molar-refractivity contribution in [1.29, 1.82) is 0 Å². The van der Waals surface area contributed by atoms with Crippen LogP contribution in [-0.2, 0) is 11.3 Å². The smallest absolute Gasteiger partial charge is 0.131 e. The third-order valence-corrected chi connectivity index (χ3v) is 3.70. The van der Waals surface area contributed by atoms with Crippen molar-refractivity contribution in [2.45, 2.75) is 45.9 Å². The Morgan fingerprint density at radius 1 is 1.53 bits per heavy atom. The van der Waals surface area contributed by atoms with Crippen molar-refractivity contribution in [2.75, 3.05) is 25.1 Å². The lowest BCUT2D eigenvalue weighted by molar-refractivity contribution is 0.0296. The van der Waals surface area contributed by atoms with Crippen LogP contribution in [0.25, 0.3) is 0 Å². The summed E-state index contributed by atoms with van der Waals surface area (Å²) in [5.74, 6) is 1.11. The van der Waals surface area contributed by atoms with Crippen LogP contribution in [0.1, 0.15) is 31.4 Å². The minimum atomic E-state index is 0.279. The first-order valence-corrected chi connectivity index (χ1v) is 7.14. The number of nitrogens with one attached hydrogen (secondary N) is 1. The first-order chi connectivity index (χ1) is 9.15. The molecule has 2 heterocycles. The molecule has 4 heteroatoms. The Bertz CT molecular complexity index is 422. The quantitative estimate of drug-likeness (QED) is 0.903. The fraction of sp³-hybridized carbons (Fsp3) is 0.667. The number of pyridine rings is 1. The highest BCUT2D eigenvalue weighted by molar-refractivity contribution is 5.49. The normalized spacial score (nSPS) is 23.7. The summed E-state index contributed by atoms with van der Waals surface area (Å²) in [4.78, 5) is 7.09. The number of morpholine rings is 1. The Hall–Kier alpha value is -1.13. The van der Waals surface area contributed by atoms with Gasteiger partial charge in [-0.15, -0.1) is 0 Å². The molecule has 0 saturated carbocycles. The molecule has 1 saturated heterocycles. The van der Waals surface area contributed by atoms with Crippen LogP contribution in [-0.4, -0.2) is 37.3 Å². The molecule has 0 amide bonds. The summed E-state index contributed by atoms with van der Waals surface area (Å²) in [5, 5.41) is 3.16. The summed E-state index contributed by atoms with van der Waals surface area (Å²) in [6, 6.07) is 2.67. The Balaban J connectivity index is 2.23. The van der Waals surface area contributed by atoms with Gasteiger partial charge in [-0.3, -0.25) is 0 Å². The SMILES string of the molecule is CCC1COC(C)CN1c1ncc(CNC)cc1C. The second-order valence-electron chi connectivity index (χ2n) is 5.37. The van der Waals surface area contributed by atoms with E-state index in [9.17, 15) is 0 Å². The van der Waals surface area contributed by atoms with Gasteiger partial charge in [-0.25, -0.2) is 4.98 Å². The fourth-order valence-electron chi connectivity index (χ4n) is 2.67. The molecule has 2 rings (SSSR count). The average molecular weight is 263 g/mol. The van der Waals surface area contributed by atoms with Gasteiger partial charge in [-0.2, -0.15) is 0 Å². The van der Waals surface area contributed by atoms with Gasteiger partial charge in [0.15, 0.2) is 0 Å². The van der Waals surface area contributed by atoms with E-state index >= 15 is 0 Å². The second kappa shape index (κ2) is 6.35. The molecule has 1 aromatic heterocycles. The number of hydrogen-bond donors (Lipinski definition) is 1. The Morgan fingerprint density at radius 2 is 2.32 bits per heavy atom. The van der Waals surface area contributed by atoms with Gasteiger partial charge < -0.3 is 15.0 Å². The molecule has 1 N–H and O–H groups in total. The summed E-state index contributed by atoms with van der Waals surface area (Å²) in [6.45, 7) is 9.08. The first kappa shape index (κ1) is 14.3. The minimum absolute atomic E-state index is 0.279. The summed E-state index contributed by atoms with van der Waals surface area (Å²) in [5.41, 5.74) is 2.48. The van der Waals surface area contributed by atoms with Gasteiger partial charge in [0, 0.05) is 19.3 Å². The molecule has 0 aromatic carbocycles. The van der Waals surface area contributed by atoms with Crippen LogP contribution in [0.2, 0.25) is 0 Å². The molecule has 1 aliphatic heterocycles. The van der Waals surface area contributed by atoms with Crippen molar-refractivity contribution in [1.82, 2.24) is 10.3 Å². The third kappa shape index (κ3) is 3.25. The van der Waals surface area contributed by atoms with Crippen molar-refractivity contribution in [2.24, 2.45) is 0 Å². The Labute approximate surface area is 116 Å².